The first kappa shape index (κ1) is 21.5. The zero-order chi connectivity index (χ0) is 22.7. The van der Waals surface area contributed by atoms with Gasteiger partial charge in [0.05, 0.1) is 0 Å². The van der Waals surface area contributed by atoms with E-state index in [4.69, 9.17) is 0 Å². The second-order valence-corrected chi connectivity index (χ2v) is 10.5. The number of halogens is 5. The van der Waals surface area contributed by atoms with Crippen LogP contribution in [0, 0.1) is 40.6 Å². The molecule has 0 spiro atoms. The van der Waals surface area contributed by atoms with E-state index in [1.807, 2.05) is 91.0 Å². The van der Waals surface area contributed by atoms with Crippen molar-refractivity contribution in [1.29, 1.82) is 0 Å². The van der Waals surface area contributed by atoms with Gasteiger partial charge >= 0.3 is 0 Å². The van der Waals surface area contributed by atoms with Gasteiger partial charge in [0.1, 0.15) is 5.56 Å². The molecule has 4 rings (SSSR count). The molecule has 0 aliphatic heterocycles. The molecule has 32 heavy (non-hydrogen) atoms. The van der Waals surface area contributed by atoms with Crippen molar-refractivity contribution in [3.63, 3.8) is 0 Å². The van der Waals surface area contributed by atoms with Crippen molar-refractivity contribution >= 4 is 23.6 Å². The smallest absolute Gasteiger partial charge is 0.202 e. The molecule has 0 saturated carbocycles. The van der Waals surface area contributed by atoms with Crippen molar-refractivity contribution in [3.8, 4) is 11.5 Å². The van der Waals surface area contributed by atoms with Crippen LogP contribution in [0.2, 0.25) is 0 Å². The molecule has 0 heterocycles. The standard InChI is InChI=1S/C26H15F5Si/c27-22-21(23(28)25(30)26(31)24(22)29)16-17-32(18-10-4-1-5-11-18,19-12-6-2-7-13-19)20-14-8-3-9-15-20/h1-15H. The number of hydrogen-bond acceptors (Lipinski definition) is 0. The van der Waals surface area contributed by atoms with Crippen molar-refractivity contribution in [2.45, 2.75) is 0 Å². The number of rotatable bonds is 3. The first-order valence-corrected chi connectivity index (χ1v) is 11.7. The lowest BCUT2D eigenvalue weighted by atomic mass is 10.2. The maximum Gasteiger partial charge on any atom is 0.230 e. The zero-order valence-electron chi connectivity index (χ0n) is 16.6. The highest BCUT2D eigenvalue weighted by molar-refractivity contribution is 7.16. The van der Waals surface area contributed by atoms with Gasteiger partial charge < -0.3 is 0 Å². The van der Waals surface area contributed by atoms with E-state index < -0.39 is 42.7 Å². The summed E-state index contributed by atoms with van der Waals surface area (Å²) in [5.41, 5.74) is 1.87. The molecule has 4 aromatic rings. The normalized spacial score (nSPS) is 11.0. The Bertz CT molecular complexity index is 1190. The molecule has 0 aliphatic rings. The summed E-state index contributed by atoms with van der Waals surface area (Å²) in [7, 11) is -3.23. The van der Waals surface area contributed by atoms with Crippen LogP contribution in [-0.2, 0) is 0 Å². The molecule has 0 bridgehead atoms. The summed E-state index contributed by atoms with van der Waals surface area (Å²) in [6, 6.07) is 27.6. The van der Waals surface area contributed by atoms with Crippen molar-refractivity contribution in [3.05, 3.63) is 126 Å². The molecular formula is C26H15F5Si. The Morgan fingerprint density at radius 1 is 0.438 bits per heavy atom. The molecule has 0 radical (unpaired) electrons. The van der Waals surface area contributed by atoms with Crippen LogP contribution in [0.1, 0.15) is 5.56 Å². The van der Waals surface area contributed by atoms with Crippen molar-refractivity contribution in [2.24, 2.45) is 0 Å². The average molecular weight is 450 g/mol. The molecule has 0 N–H and O–H groups in total. The van der Waals surface area contributed by atoms with Gasteiger partial charge in [-0.05, 0) is 15.6 Å². The Balaban J connectivity index is 2.09. The van der Waals surface area contributed by atoms with Gasteiger partial charge in [-0.3, -0.25) is 0 Å². The largest absolute Gasteiger partial charge is 0.230 e. The Morgan fingerprint density at radius 2 is 0.750 bits per heavy atom. The minimum atomic E-state index is -3.23. The predicted molar refractivity (Wildman–Crippen MR) is 117 cm³/mol. The third kappa shape index (κ3) is 3.61. The zero-order valence-corrected chi connectivity index (χ0v) is 17.6. The van der Waals surface area contributed by atoms with Gasteiger partial charge in [0, 0.05) is 0 Å². The average Bonchev–Trinajstić information content (AvgIpc) is 2.85. The van der Waals surface area contributed by atoms with E-state index in [2.05, 4.69) is 11.5 Å². The second kappa shape index (κ2) is 8.81. The third-order valence-electron chi connectivity index (χ3n) is 5.21. The summed E-state index contributed by atoms with van der Waals surface area (Å²) in [6.45, 7) is 0. The van der Waals surface area contributed by atoms with Crippen LogP contribution in [0.25, 0.3) is 0 Å². The molecule has 0 aliphatic carbocycles. The minimum Gasteiger partial charge on any atom is -0.202 e. The maximum absolute atomic E-state index is 14.4. The van der Waals surface area contributed by atoms with Crippen LogP contribution in [-0.4, -0.2) is 8.07 Å². The van der Waals surface area contributed by atoms with Gasteiger partial charge in [-0.1, -0.05) is 96.9 Å². The summed E-state index contributed by atoms with van der Waals surface area (Å²) in [4.78, 5) is 0. The molecule has 158 valence electrons. The van der Waals surface area contributed by atoms with Crippen molar-refractivity contribution in [1.82, 2.24) is 0 Å². The molecule has 0 nitrogen and oxygen atoms in total. The lowest BCUT2D eigenvalue weighted by molar-refractivity contribution is 0.376. The minimum absolute atomic E-state index is 0.814. The van der Waals surface area contributed by atoms with Gasteiger partial charge in [-0.25, -0.2) is 22.0 Å². The topological polar surface area (TPSA) is 0 Å². The van der Waals surface area contributed by atoms with Crippen molar-refractivity contribution in [2.75, 3.05) is 0 Å². The first-order valence-electron chi connectivity index (χ1n) is 9.68. The monoisotopic (exact) mass is 450 g/mol. The molecule has 0 aromatic heterocycles. The highest BCUT2D eigenvalue weighted by Crippen LogP contribution is 2.22. The van der Waals surface area contributed by atoms with Gasteiger partial charge in [0.15, 0.2) is 23.3 Å². The fraction of sp³-hybridized carbons (Fsp3) is 0. The van der Waals surface area contributed by atoms with Gasteiger partial charge in [-0.2, -0.15) is 0 Å². The fourth-order valence-electron chi connectivity index (χ4n) is 3.65. The molecule has 0 amide bonds. The summed E-state index contributed by atoms with van der Waals surface area (Å²) in [5.74, 6) is -7.77. The van der Waals surface area contributed by atoms with E-state index >= 15 is 0 Å². The van der Waals surface area contributed by atoms with E-state index in [1.165, 1.54) is 0 Å². The molecule has 0 unspecified atom stereocenters. The van der Waals surface area contributed by atoms with Crippen LogP contribution in [0.4, 0.5) is 22.0 Å². The fourth-order valence-corrected chi connectivity index (χ4v) is 7.47. The Labute approximate surface area is 183 Å². The van der Waals surface area contributed by atoms with Gasteiger partial charge in [0.25, 0.3) is 0 Å². The van der Waals surface area contributed by atoms with E-state index in [1.54, 1.807) is 0 Å². The predicted octanol–water partition coefficient (Wildman–Crippen LogP) is 4.44. The second-order valence-electron chi connectivity index (χ2n) is 7.04. The Morgan fingerprint density at radius 3 is 1.09 bits per heavy atom. The molecule has 6 heteroatoms. The van der Waals surface area contributed by atoms with Gasteiger partial charge in [0.2, 0.25) is 13.9 Å². The third-order valence-corrected chi connectivity index (χ3v) is 9.30. The van der Waals surface area contributed by atoms with E-state index in [9.17, 15) is 22.0 Å². The van der Waals surface area contributed by atoms with Gasteiger partial charge in [-0.15, -0.1) is 5.54 Å². The number of benzene rings is 4. The van der Waals surface area contributed by atoms with E-state index in [-0.39, 0.29) is 0 Å². The molecular weight excluding hydrogens is 435 g/mol. The summed E-state index contributed by atoms with van der Waals surface area (Å²) in [6.07, 6.45) is 0. The first-order chi connectivity index (χ1) is 15.5. The molecule has 0 saturated heterocycles. The highest BCUT2D eigenvalue weighted by Gasteiger charge is 2.38. The molecule has 0 atom stereocenters. The maximum atomic E-state index is 14.4. The summed E-state index contributed by atoms with van der Waals surface area (Å²) >= 11 is 0. The SMILES string of the molecule is Fc1c(F)c(F)c(C#C[Si](c2ccccc2)(c2ccccc2)c2ccccc2)c(F)c1F. The van der Waals surface area contributed by atoms with E-state index in [0.717, 1.165) is 15.6 Å². The summed E-state index contributed by atoms with van der Waals surface area (Å²) < 4.78 is 69.8. The number of hydrogen-bond donors (Lipinski definition) is 0. The quantitative estimate of drug-likeness (QED) is 0.108. The Kier molecular flexibility index (Phi) is 5.93. The van der Waals surface area contributed by atoms with Crippen molar-refractivity contribution < 1.29 is 22.0 Å². The van der Waals surface area contributed by atoms with Crippen LogP contribution in [0.3, 0.4) is 0 Å². The van der Waals surface area contributed by atoms with E-state index in [0.29, 0.717) is 0 Å². The molecule has 0 fully saturated rings. The van der Waals surface area contributed by atoms with Crippen LogP contribution in [0.5, 0.6) is 0 Å². The lowest BCUT2D eigenvalue weighted by Gasteiger charge is -2.28. The summed E-state index contributed by atoms with van der Waals surface area (Å²) in [5, 5.41) is 2.44. The van der Waals surface area contributed by atoms with Crippen LogP contribution < -0.4 is 15.6 Å². The van der Waals surface area contributed by atoms with Crippen LogP contribution >= 0.6 is 0 Å². The lowest BCUT2D eigenvalue weighted by Crippen LogP contribution is -2.66. The molecule has 4 aromatic carbocycles. The van der Waals surface area contributed by atoms with Crippen LogP contribution in [0.15, 0.2) is 91.0 Å². The highest BCUT2D eigenvalue weighted by atomic mass is 28.3. The Hall–Kier alpha value is -3.69.